The molecule has 0 aliphatic rings. The first kappa shape index (κ1) is 42.9. The maximum absolute atomic E-state index is 12.5. The standard InChI is InChI=1S/C38H78N4O2/c1-7-9-11-13-15-17-19-21-23-27-31-39-37(43)35-41(3,4)33-29-25-26-30-34-42(5,6)36-38(44)40-32-28-24-22-20-18-16-14-12-10-8-2/h7-36H2,1-6H3/p+2. The number of amides is 2. The van der Waals surface area contributed by atoms with Gasteiger partial charge in [-0.1, -0.05) is 129 Å². The summed E-state index contributed by atoms with van der Waals surface area (Å²) >= 11 is 0. The van der Waals surface area contributed by atoms with Crippen LogP contribution in [0.25, 0.3) is 0 Å². The van der Waals surface area contributed by atoms with Crippen LogP contribution in [0.4, 0.5) is 0 Å². The molecule has 0 unspecified atom stereocenters. The van der Waals surface area contributed by atoms with Crippen LogP contribution in [0.1, 0.15) is 168 Å². The SMILES string of the molecule is CCCCCCCCCCCCNC(=O)C[N+](C)(C)CCCCCC[N+](C)(C)CC(=O)NCCCCCCCCCCCC. The van der Waals surface area contributed by atoms with Crippen molar-refractivity contribution in [1.29, 1.82) is 0 Å². The molecule has 0 aromatic heterocycles. The smallest absolute Gasteiger partial charge is 0.275 e. The summed E-state index contributed by atoms with van der Waals surface area (Å²) in [6.07, 6.45) is 31.1. The van der Waals surface area contributed by atoms with Crippen molar-refractivity contribution >= 4 is 11.8 Å². The molecule has 0 aromatic rings. The fourth-order valence-corrected chi connectivity index (χ4v) is 6.16. The molecule has 0 aliphatic heterocycles. The summed E-state index contributed by atoms with van der Waals surface area (Å²) in [6, 6.07) is 0. The van der Waals surface area contributed by atoms with Gasteiger partial charge in [-0.2, -0.15) is 0 Å². The average molecular weight is 625 g/mol. The predicted molar refractivity (Wildman–Crippen MR) is 192 cm³/mol. The zero-order chi connectivity index (χ0) is 32.8. The van der Waals surface area contributed by atoms with E-state index in [4.69, 9.17) is 0 Å². The molecule has 0 spiro atoms. The van der Waals surface area contributed by atoms with E-state index in [2.05, 4.69) is 52.7 Å². The summed E-state index contributed by atoms with van der Waals surface area (Å²) < 4.78 is 1.51. The molecule has 0 saturated carbocycles. The molecule has 0 rings (SSSR count). The predicted octanol–water partition coefficient (Wildman–Crippen LogP) is 8.77. The molecule has 0 fully saturated rings. The van der Waals surface area contributed by atoms with E-state index < -0.39 is 0 Å². The maximum Gasteiger partial charge on any atom is 0.275 e. The molecule has 0 aromatic carbocycles. The van der Waals surface area contributed by atoms with Crippen molar-refractivity contribution in [2.45, 2.75) is 168 Å². The van der Waals surface area contributed by atoms with Crippen molar-refractivity contribution in [3.8, 4) is 0 Å². The van der Waals surface area contributed by atoms with Gasteiger partial charge >= 0.3 is 0 Å². The van der Waals surface area contributed by atoms with Crippen LogP contribution >= 0.6 is 0 Å². The quantitative estimate of drug-likeness (QED) is 0.0566. The number of hydrogen-bond acceptors (Lipinski definition) is 2. The van der Waals surface area contributed by atoms with Crippen molar-refractivity contribution < 1.29 is 18.6 Å². The Hall–Kier alpha value is -1.14. The molecule has 2 N–H and O–H groups in total. The van der Waals surface area contributed by atoms with E-state index in [9.17, 15) is 9.59 Å². The number of nitrogens with one attached hydrogen (secondary N) is 2. The summed E-state index contributed by atoms with van der Waals surface area (Å²) in [6.45, 7) is 9.38. The Kier molecular flexibility index (Phi) is 28.5. The molecular weight excluding hydrogens is 544 g/mol. The van der Waals surface area contributed by atoms with E-state index in [0.717, 1.165) is 60.8 Å². The molecule has 0 saturated heterocycles. The fourth-order valence-electron chi connectivity index (χ4n) is 6.16. The number of nitrogens with zero attached hydrogens (tertiary/aromatic N) is 2. The van der Waals surface area contributed by atoms with Crippen LogP contribution in [-0.2, 0) is 9.59 Å². The molecule has 262 valence electrons. The highest BCUT2D eigenvalue weighted by Gasteiger charge is 2.21. The lowest BCUT2D eigenvalue weighted by Gasteiger charge is -2.30. The first-order valence-corrected chi connectivity index (χ1v) is 19.3. The first-order chi connectivity index (χ1) is 21.1. The molecule has 44 heavy (non-hydrogen) atoms. The van der Waals surface area contributed by atoms with Crippen molar-refractivity contribution in [2.24, 2.45) is 0 Å². The van der Waals surface area contributed by atoms with E-state index in [1.165, 1.54) is 128 Å². The Morgan fingerprint density at radius 3 is 0.932 bits per heavy atom. The van der Waals surface area contributed by atoms with E-state index in [1.807, 2.05) is 0 Å². The van der Waals surface area contributed by atoms with Gasteiger partial charge in [-0.25, -0.2) is 0 Å². The zero-order valence-corrected chi connectivity index (χ0v) is 30.9. The normalized spacial score (nSPS) is 12.0. The zero-order valence-electron chi connectivity index (χ0n) is 30.9. The highest BCUT2D eigenvalue weighted by molar-refractivity contribution is 5.77. The van der Waals surface area contributed by atoms with Crippen LogP contribution in [0.3, 0.4) is 0 Å². The van der Waals surface area contributed by atoms with Gasteiger partial charge in [0.2, 0.25) is 0 Å². The van der Waals surface area contributed by atoms with Crippen LogP contribution < -0.4 is 10.6 Å². The summed E-state index contributed by atoms with van der Waals surface area (Å²) in [5.74, 6) is 0.382. The number of likely N-dealkylation sites (N-methyl/N-ethyl adjacent to an activating group) is 2. The monoisotopic (exact) mass is 625 g/mol. The van der Waals surface area contributed by atoms with Crippen LogP contribution in [-0.4, -0.2) is 88.2 Å². The van der Waals surface area contributed by atoms with Gasteiger partial charge in [0.15, 0.2) is 13.1 Å². The van der Waals surface area contributed by atoms with Crippen LogP contribution in [0, 0.1) is 0 Å². The lowest BCUT2D eigenvalue weighted by atomic mass is 10.1. The molecular formula is C38H80N4O2+2. The number of carbonyl (C=O) groups excluding carboxylic acids is 2. The Balaban J connectivity index is 3.72. The summed E-state index contributed by atoms with van der Waals surface area (Å²) in [5, 5.41) is 6.30. The maximum atomic E-state index is 12.5. The van der Waals surface area contributed by atoms with Gasteiger partial charge in [0.25, 0.3) is 11.8 Å². The average Bonchev–Trinajstić information content (AvgIpc) is 2.96. The van der Waals surface area contributed by atoms with Crippen LogP contribution in [0.5, 0.6) is 0 Å². The van der Waals surface area contributed by atoms with Gasteiger partial charge < -0.3 is 19.6 Å². The largest absolute Gasteiger partial charge is 0.351 e. The third-order valence-electron chi connectivity index (χ3n) is 9.13. The lowest BCUT2D eigenvalue weighted by molar-refractivity contribution is -0.883. The molecule has 0 radical (unpaired) electrons. The second kappa shape index (κ2) is 29.3. The summed E-state index contributed by atoms with van der Waals surface area (Å²) in [4.78, 5) is 24.9. The second-order valence-corrected chi connectivity index (χ2v) is 15.1. The van der Waals surface area contributed by atoms with Crippen LogP contribution in [0.2, 0.25) is 0 Å². The van der Waals surface area contributed by atoms with Gasteiger partial charge in [-0.05, 0) is 38.5 Å². The summed E-state index contributed by atoms with van der Waals surface area (Å²) in [5.41, 5.74) is 0. The molecule has 6 nitrogen and oxygen atoms in total. The Bertz CT molecular complexity index is 609. The molecule has 6 heteroatoms. The van der Waals surface area contributed by atoms with Crippen LogP contribution in [0.15, 0.2) is 0 Å². The first-order valence-electron chi connectivity index (χ1n) is 19.3. The number of rotatable bonds is 33. The number of unbranched alkanes of at least 4 members (excludes halogenated alkanes) is 21. The molecule has 0 aliphatic carbocycles. The van der Waals surface area contributed by atoms with Gasteiger partial charge in [0.05, 0.1) is 41.3 Å². The van der Waals surface area contributed by atoms with Crippen molar-refractivity contribution in [3.05, 3.63) is 0 Å². The van der Waals surface area contributed by atoms with Gasteiger partial charge in [-0.3, -0.25) is 9.59 Å². The van der Waals surface area contributed by atoms with Gasteiger partial charge in [-0.15, -0.1) is 0 Å². The van der Waals surface area contributed by atoms with E-state index in [-0.39, 0.29) is 11.8 Å². The number of quaternary nitrogens is 2. The molecule has 2 amide bonds. The fraction of sp³-hybridized carbons (Fsp3) is 0.947. The molecule has 0 bridgehead atoms. The third kappa shape index (κ3) is 30.9. The van der Waals surface area contributed by atoms with Crippen molar-refractivity contribution in [2.75, 3.05) is 67.5 Å². The Labute approximate surface area is 276 Å². The Morgan fingerprint density at radius 1 is 0.386 bits per heavy atom. The van der Waals surface area contributed by atoms with Crippen molar-refractivity contribution in [3.63, 3.8) is 0 Å². The molecule has 0 atom stereocenters. The minimum Gasteiger partial charge on any atom is -0.351 e. The topological polar surface area (TPSA) is 58.2 Å². The summed E-state index contributed by atoms with van der Waals surface area (Å²) in [7, 11) is 8.70. The number of carbonyl (C=O) groups is 2. The minimum atomic E-state index is 0.191. The Morgan fingerprint density at radius 2 is 0.636 bits per heavy atom. The lowest BCUT2D eigenvalue weighted by Crippen LogP contribution is -2.48. The number of hydrogen-bond donors (Lipinski definition) is 2. The highest BCUT2D eigenvalue weighted by Crippen LogP contribution is 2.12. The highest BCUT2D eigenvalue weighted by atomic mass is 16.2. The van der Waals surface area contributed by atoms with E-state index in [1.54, 1.807) is 0 Å². The van der Waals surface area contributed by atoms with Gasteiger partial charge in [0.1, 0.15) is 0 Å². The van der Waals surface area contributed by atoms with Gasteiger partial charge in [0, 0.05) is 13.1 Å². The van der Waals surface area contributed by atoms with E-state index >= 15 is 0 Å². The minimum absolute atomic E-state index is 0.191. The second-order valence-electron chi connectivity index (χ2n) is 15.1. The molecule has 0 heterocycles. The third-order valence-corrected chi connectivity index (χ3v) is 9.13. The van der Waals surface area contributed by atoms with Crippen molar-refractivity contribution in [1.82, 2.24) is 10.6 Å². The van der Waals surface area contributed by atoms with E-state index in [0.29, 0.717) is 13.1 Å².